The van der Waals surface area contributed by atoms with Gasteiger partial charge in [-0.05, 0) is 24.3 Å². The summed E-state index contributed by atoms with van der Waals surface area (Å²) in [5.74, 6) is 0.337. The van der Waals surface area contributed by atoms with Crippen molar-refractivity contribution in [3.8, 4) is 0 Å². The van der Waals surface area contributed by atoms with Gasteiger partial charge in [0.2, 0.25) is 10.0 Å². The summed E-state index contributed by atoms with van der Waals surface area (Å²) in [7, 11) is -0.422. The lowest BCUT2D eigenvalue weighted by Gasteiger charge is -2.17. The minimum atomic E-state index is -3.60. The van der Waals surface area contributed by atoms with Crippen molar-refractivity contribution in [3.05, 3.63) is 39.7 Å². The fourth-order valence-electron chi connectivity index (χ4n) is 1.70. The summed E-state index contributed by atoms with van der Waals surface area (Å²) in [4.78, 5) is 5.07. The molecule has 0 bridgehead atoms. The van der Waals surface area contributed by atoms with Gasteiger partial charge in [-0.15, -0.1) is 11.3 Å². The molecule has 0 spiro atoms. The number of sulfonamides is 1. The zero-order valence-corrected chi connectivity index (χ0v) is 13.4. The highest BCUT2D eigenvalue weighted by Gasteiger charge is 2.24. The number of nitrogens with one attached hydrogen (secondary N) is 1. The molecule has 108 valence electrons. The molecule has 2 heterocycles. The molecule has 0 aromatic carbocycles. The molecule has 2 rings (SSSR count). The van der Waals surface area contributed by atoms with Crippen LogP contribution in [0.4, 0.5) is 5.82 Å². The lowest BCUT2D eigenvalue weighted by Crippen LogP contribution is -2.27. The van der Waals surface area contributed by atoms with Crippen molar-refractivity contribution >= 4 is 38.8 Å². The molecule has 2 aromatic rings. The average molecular weight is 332 g/mol. The normalized spacial score (nSPS) is 11.8. The maximum atomic E-state index is 12.5. The van der Waals surface area contributed by atoms with Crippen molar-refractivity contribution in [1.82, 2.24) is 9.29 Å². The van der Waals surface area contributed by atoms with E-state index in [4.69, 9.17) is 11.6 Å². The monoisotopic (exact) mass is 331 g/mol. The van der Waals surface area contributed by atoms with Crippen LogP contribution in [0.2, 0.25) is 4.34 Å². The van der Waals surface area contributed by atoms with Gasteiger partial charge in [0.25, 0.3) is 0 Å². The Morgan fingerprint density at radius 3 is 2.75 bits per heavy atom. The molecular formula is C12H14ClN3O2S2. The summed E-state index contributed by atoms with van der Waals surface area (Å²) in [6, 6.07) is 6.71. The lowest BCUT2D eigenvalue weighted by molar-refractivity contribution is 0.469. The molecular weight excluding hydrogens is 318 g/mol. The van der Waals surface area contributed by atoms with Crippen LogP contribution in [0, 0.1) is 0 Å². The Labute approximate surface area is 127 Å². The number of hydrogen-bond acceptors (Lipinski definition) is 5. The van der Waals surface area contributed by atoms with Crippen LogP contribution in [0.15, 0.2) is 35.4 Å². The van der Waals surface area contributed by atoms with Crippen LogP contribution in [0.3, 0.4) is 0 Å². The fraction of sp³-hybridized carbons (Fsp3) is 0.250. The fourth-order valence-corrected chi connectivity index (χ4v) is 4.21. The molecule has 8 heteroatoms. The molecule has 0 fully saturated rings. The Morgan fingerprint density at radius 2 is 2.15 bits per heavy atom. The highest BCUT2D eigenvalue weighted by atomic mass is 35.5. The van der Waals surface area contributed by atoms with E-state index in [2.05, 4.69) is 10.3 Å². The van der Waals surface area contributed by atoms with Gasteiger partial charge in [0.15, 0.2) is 0 Å². The molecule has 0 aliphatic rings. The van der Waals surface area contributed by atoms with Crippen molar-refractivity contribution in [2.24, 2.45) is 0 Å². The maximum Gasteiger partial charge on any atom is 0.246 e. The largest absolute Gasteiger partial charge is 0.372 e. The summed E-state index contributed by atoms with van der Waals surface area (Å²) in [5.41, 5.74) is 0. The van der Waals surface area contributed by atoms with E-state index in [1.165, 1.54) is 28.8 Å². The van der Waals surface area contributed by atoms with Crippen molar-refractivity contribution in [3.63, 3.8) is 0 Å². The minimum absolute atomic E-state index is 0.160. The molecule has 2 aromatic heterocycles. The number of aromatic nitrogens is 1. The molecule has 20 heavy (non-hydrogen) atoms. The summed E-state index contributed by atoms with van der Waals surface area (Å²) >= 11 is 7.22. The summed E-state index contributed by atoms with van der Waals surface area (Å²) in [6.45, 7) is 0.276. The molecule has 0 atom stereocenters. The van der Waals surface area contributed by atoms with Crippen molar-refractivity contribution in [1.29, 1.82) is 0 Å². The van der Waals surface area contributed by atoms with E-state index in [0.29, 0.717) is 10.2 Å². The van der Waals surface area contributed by atoms with E-state index >= 15 is 0 Å². The Hall–Kier alpha value is -1.15. The first-order valence-electron chi connectivity index (χ1n) is 5.78. The molecule has 0 saturated carbocycles. The average Bonchev–Trinajstić information content (AvgIpc) is 2.84. The van der Waals surface area contributed by atoms with Crippen LogP contribution in [-0.2, 0) is 16.6 Å². The predicted molar refractivity (Wildman–Crippen MR) is 81.8 cm³/mol. The van der Waals surface area contributed by atoms with Crippen LogP contribution >= 0.6 is 22.9 Å². The van der Waals surface area contributed by atoms with Gasteiger partial charge in [-0.3, -0.25) is 0 Å². The van der Waals surface area contributed by atoms with Gasteiger partial charge >= 0.3 is 0 Å². The number of halogens is 1. The van der Waals surface area contributed by atoms with E-state index < -0.39 is 10.0 Å². The summed E-state index contributed by atoms with van der Waals surface area (Å²) in [5, 5.41) is 2.79. The highest BCUT2D eigenvalue weighted by Crippen LogP contribution is 2.26. The first kappa shape index (κ1) is 15.2. The number of hydrogen-bond donors (Lipinski definition) is 1. The van der Waals surface area contributed by atoms with Gasteiger partial charge < -0.3 is 5.32 Å². The van der Waals surface area contributed by atoms with Gasteiger partial charge in [-0.2, -0.15) is 4.31 Å². The quantitative estimate of drug-likeness (QED) is 0.915. The number of thiophene rings is 1. The Balaban J connectivity index is 2.29. The number of anilines is 1. The molecule has 5 nitrogen and oxygen atoms in total. The Kier molecular flexibility index (Phi) is 4.64. The van der Waals surface area contributed by atoms with Gasteiger partial charge in [0.05, 0.1) is 4.34 Å². The molecule has 0 amide bonds. The van der Waals surface area contributed by atoms with Crippen LogP contribution in [0.5, 0.6) is 0 Å². The molecule has 0 saturated heterocycles. The van der Waals surface area contributed by atoms with Gasteiger partial charge in [-0.1, -0.05) is 11.6 Å². The number of pyridine rings is 1. The first-order chi connectivity index (χ1) is 9.45. The first-order valence-corrected chi connectivity index (χ1v) is 8.42. The van der Waals surface area contributed by atoms with E-state index in [1.807, 2.05) is 6.07 Å². The number of nitrogens with zero attached hydrogens (tertiary/aromatic N) is 2. The zero-order chi connectivity index (χ0) is 14.8. The highest BCUT2D eigenvalue weighted by molar-refractivity contribution is 7.89. The van der Waals surface area contributed by atoms with Gasteiger partial charge in [-0.25, -0.2) is 13.4 Å². The van der Waals surface area contributed by atoms with Gasteiger partial charge in [0, 0.05) is 31.7 Å². The Bertz CT molecular complexity index is 700. The topological polar surface area (TPSA) is 62.3 Å². The standard InChI is InChI=1S/C12H14ClN3O2S2/c1-14-12-10(4-3-7-15-12)20(17,18)16(2)8-9-5-6-11(13)19-9/h3-7H,8H2,1-2H3,(H,14,15). The van der Waals surface area contributed by atoms with Crippen LogP contribution < -0.4 is 5.32 Å². The number of rotatable bonds is 5. The summed E-state index contributed by atoms with van der Waals surface area (Å²) < 4.78 is 27.0. The minimum Gasteiger partial charge on any atom is -0.372 e. The van der Waals surface area contributed by atoms with Crippen LogP contribution in [0.25, 0.3) is 0 Å². The van der Waals surface area contributed by atoms with E-state index in [1.54, 1.807) is 25.4 Å². The van der Waals surface area contributed by atoms with E-state index in [9.17, 15) is 8.42 Å². The van der Waals surface area contributed by atoms with E-state index in [-0.39, 0.29) is 11.4 Å². The van der Waals surface area contributed by atoms with Crippen molar-refractivity contribution in [2.75, 3.05) is 19.4 Å². The maximum absolute atomic E-state index is 12.5. The molecule has 0 radical (unpaired) electrons. The second-order valence-electron chi connectivity index (χ2n) is 4.07. The SMILES string of the molecule is CNc1ncccc1S(=O)(=O)N(C)Cc1ccc(Cl)s1. The summed E-state index contributed by atoms with van der Waals surface area (Å²) in [6.07, 6.45) is 1.55. The van der Waals surface area contributed by atoms with Crippen LogP contribution in [0.1, 0.15) is 4.88 Å². The molecule has 0 aliphatic carbocycles. The third-order valence-electron chi connectivity index (χ3n) is 2.70. The van der Waals surface area contributed by atoms with Crippen molar-refractivity contribution in [2.45, 2.75) is 11.4 Å². The predicted octanol–water partition coefficient (Wildman–Crippen LogP) is 2.66. The molecule has 1 N–H and O–H groups in total. The second kappa shape index (κ2) is 6.09. The molecule has 0 aliphatic heterocycles. The third-order valence-corrected chi connectivity index (χ3v) is 5.75. The third kappa shape index (κ3) is 3.12. The smallest absolute Gasteiger partial charge is 0.246 e. The van der Waals surface area contributed by atoms with E-state index in [0.717, 1.165) is 4.88 Å². The Morgan fingerprint density at radius 1 is 1.40 bits per heavy atom. The lowest BCUT2D eigenvalue weighted by atomic mass is 10.5. The molecule has 0 unspecified atom stereocenters. The van der Waals surface area contributed by atoms with Crippen LogP contribution in [-0.4, -0.2) is 31.8 Å². The zero-order valence-electron chi connectivity index (χ0n) is 11.0. The second-order valence-corrected chi connectivity index (χ2v) is 7.88. The van der Waals surface area contributed by atoms with Gasteiger partial charge in [0.1, 0.15) is 10.7 Å². The van der Waals surface area contributed by atoms with Crippen molar-refractivity contribution < 1.29 is 8.42 Å².